The van der Waals surface area contributed by atoms with Crippen LogP contribution in [0.5, 0.6) is 11.8 Å². The molecule has 0 aliphatic carbocycles. The number of rotatable bonds is 10. The molecule has 9 nitrogen and oxygen atoms in total. The van der Waals surface area contributed by atoms with E-state index in [9.17, 15) is 9.59 Å². The van der Waals surface area contributed by atoms with Crippen molar-refractivity contribution in [2.75, 3.05) is 13.4 Å². The highest BCUT2D eigenvalue weighted by Gasteiger charge is 2.23. The average molecular weight is 433 g/mol. The minimum absolute atomic E-state index is 0.0194. The van der Waals surface area contributed by atoms with Crippen LogP contribution in [-0.4, -0.2) is 45.4 Å². The maximum Gasteiger partial charge on any atom is 0.308 e. The standard InChI is InChI=1S/C20H23N3O6S/c1-12-6-8-21-13(2)15(12)10-30-20-22-18-14(7-9-27-18)19(23-20)29-11-28-17(26)5-3-4-16(24)25/h6,8H,3-5,7,9-11H2,1-2H3,(H,24,25). The van der Waals surface area contributed by atoms with Gasteiger partial charge in [0.2, 0.25) is 18.6 Å². The van der Waals surface area contributed by atoms with Crippen molar-refractivity contribution >= 4 is 23.7 Å². The second-order valence-corrected chi connectivity index (χ2v) is 7.64. The molecule has 0 radical (unpaired) electrons. The van der Waals surface area contributed by atoms with Gasteiger partial charge in [-0.2, -0.15) is 9.97 Å². The van der Waals surface area contributed by atoms with Crippen LogP contribution in [0.15, 0.2) is 17.4 Å². The van der Waals surface area contributed by atoms with Gasteiger partial charge >= 0.3 is 11.9 Å². The van der Waals surface area contributed by atoms with Crippen molar-refractivity contribution in [2.24, 2.45) is 0 Å². The molecule has 0 aromatic carbocycles. The lowest BCUT2D eigenvalue weighted by molar-refractivity contribution is -0.150. The molecule has 2 aromatic heterocycles. The predicted molar refractivity (Wildman–Crippen MR) is 108 cm³/mol. The van der Waals surface area contributed by atoms with E-state index in [1.807, 2.05) is 19.9 Å². The third-order valence-corrected chi connectivity index (χ3v) is 5.41. The lowest BCUT2D eigenvalue weighted by Crippen LogP contribution is -2.12. The number of aryl methyl sites for hydroxylation is 2. The lowest BCUT2D eigenvalue weighted by Gasteiger charge is -2.11. The molecular formula is C20H23N3O6S. The molecule has 0 amide bonds. The number of carboxylic acid groups (broad SMARTS) is 1. The third-order valence-electron chi connectivity index (χ3n) is 4.54. The molecule has 0 saturated carbocycles. The van der Waals surface area contributed by atoms with E-state index in [1.165, 1.54) is 11.8 Å². The van der Waals surface area contributed by atoms with Crippen molar-refractivity contribution in [3.05, 3.63) is 34.6 Å². The summed E-state index contributed by atoms with van der Waals surface area (Å²) < 4.78 is 16.2. The van der Waals surface area contributed by atoms with Crippen molar-refractivity contribution < 1.29 is 28.9 Å². The molecule has 10 heteroatoms. The maximum atomic E-state index is 11.7. The Kier molecular flexibility index (Phi) is 7.45. The zero-order valence-electron chi connectivity index (χ0n) is 16.8. The molecule has 0 atom stereocenters. The predicted octanol–water partition coefficient (Wildman–Crippen LogP) is 2.85. The summed E-state index contributed by atoms with van der Waals surface area (Å²) in [5.74, 6) is 0.00275. The number of hydrogen-bond donors (Lipinski definition) is 1. The Labute approximate surface area is 178 Å². The summed E-state index contributed by atoms with van der Waals surface area (Å²) >= 11 is 1.45. The van der Waals surface area contributed by atoms with Gasteiger partial charge in [-0.05, 0) is 37.5 Å². The molecule has 1 aliphatic heterocycles. The monoisotopic (exact) mass is 433 g/mol. The van der Waals surface area contributed by atoms with E-state index >= 15 is 0 Å². The SMILES string of the molecule is Cc1ccnc(C)c1CSc1nc2c(c(OCOC(=O)CCCC(=O)O)n1)CCO2. The number of thioether (sulfide) groups is 1. The largest absolute Gasteiger partial charge is 0.481 e. The van der Waals surface area contributed by atoms with Crippen LogP contribution in [0, 0.1) is 13.8 Å². The lowest BCUT2D eigenvalue weighted by atomic mass is 10.1. The van der Waals surface area contributed by atoms with Crippen LogP contribution < -0.4 is 9.47 Å². The van der Waals surface area contributed by atoms with Gasteiger partial charge in [0.1, 0.15) is 0 Å². The van der Waals surface area contributed by atoms with Crippen LogP contribution in [0.3, 0.4) is 0 Å². The van der Waals surface area contributed by atoms with E-state index in [0.717, 1.165) is 22.4 Å². The van der Waals surface area contributed by atoms with E-state index in [1.54, 1.807) is 6.20 Å². The fourth-order valence-corrected chi connectivity index (χ4v) is 3.88. The number of aromatic nitrogens is 3. The average Bonchev–Trinajstić information content (AvgIpc) is 3.16. The second kappa shape index (κ2) is 10.2. The van der Waals surface area contributed by atoms with E-state index in [4.69, 9.17) is 19.3 Å². The summed E-state index contributed by atoms with van der Waals surface area (Å²) in [4.78, 5) is 35.4. The van der Waals surface area contributed by atoms with Crippen LogP contribution in [0.1, 0.15) is 41.6 Å². The minimum atomic E-state index is -0.947. The van der Waals surface area contributed by atoms with Crippen LogP contribution in [0.2, 0.25) is 0 Å². The number of carbonyl (C=O) groups is 2. The molecule has 0 spiro atoms. The zero-order chi connectivity index (χ0) is 21.5. The highest BCUT2D eigenvalue weighted by molar-refractivity contribution is 7.98. The van der Waals surface area contributed by atoms with Gasteiger partial charge in [-0.15, -0.1) is 0 Å². The Bertz CT molecular complexity index is 917. The molecular weight excluding hydrogens is 410 g/mol. The van der Waals surface area contributed by atoms with Gasteiger partial charge in [-0.1, -0.05) is 11.8 Å². The molecule has 0 fully saturated rings. The normalized spacial score (nSPS) is 12.2. The van der Waals surface area contributed by atoms with Gasteiger partial charge in [0, 0.05) is 36.9 Å². The Hall–Kier alpha value is -2.88. The Morgan fingerprint density at radius 2 is 2.10 bits per heavy atom. The van der Waals surface area contributed by atoms with Crippen molar-refractivity contribution in [1.82, 2.24) is 15.0 Å². The Morgan fingerprint density at radius 1 is 1.27 bits per heavy atom. The number of nitrogens with zero attached hydrogens (tertiary/aromatic N) is 3. The highest BCUT2D eigenvalue weighted by Crippen LogP contribution is 2.34. The molecule has 1 N–H and O–H groups in total. The highest BCUT2D eigenvalue weighted by atomic mass is 32.2. The van der Waals surface area contributed by atoms with E-state index in [-0.39, 0.29) is 26.1 Å². The Balaban J connectivity index is 1.60. The first-order valence-electron chi connectivity index (χ1n) is 9.52. The van der Waals surface area contributed by atoms with Crippen molar-refractivity contribution in [1.29, 1.82) is 0 Å². The minimum Gasteiger partial charge on any atom is -0.481 e. The molecule has 1 aliphatic rings. The second-order valence-electron chi connectivity index (χ2n) is 6.70. The number of ether oxygens (including phenoxy) is 3. The quantitative estimate of drug-likeness (QED) is 0.259. The molecule has 0 unspecified atom stereocenters. The number of carbonyl (C=O) groups excluding carboxylic acids is 1. The molecule has 3 heterocycles. The number of esters is 1. The van der Waals surface area contributed by atoms with Crippen LogP contribution in [0.4, 0.5) is 0 Å². The fraction of sp³-hybridized carbons (Fsp3) is 0.450. The van der Waals surface area contributed by atoms with Crippen molar-refractivity contribution in [3.8, 4) is 11.8 Å². The van der Waals surface area contributed by atoms with Gasteiger partial charge in [0.05, 0.1) is 12.2 Å². The summed E-state index contributed by atoms with van der Waals surface area (Å²) in [5.41, 5.74) is 3.99. The first-order valence-corrected chi connectivity index (χ1v) is 10.5. The van der Waals surface area contributed by atoms with Gasteiger partial charge in [-0.3, -0.25) is 14.6 Å². The maximum absolute atomic E-state index is 11.7. The summed E-state index contributed by atoms with van der Waals surface area (Å²) in [7, 11) is 0. The van der Waals surface area contributed by atoms with E-state index < -0.39 is 11.9 Å². The number of pyridine rings is 1. The van der Waals surface area contributed by atoms with Crippen LogP contribution in [-0.2, 0) is 26.5 Å². The number of fused-ring (bicyclic) bond motifs is 1. The molecule has 0 saturated heterocycles. The van der Waals surface area contributed by atoms with E-state index in [0.29, 0.717) is 35.7 Å². The van der Waals surface area contributed by atoms with Crippen molar-refractivity contribution in [3.63, 3.8) is 0 Å². The van der Waals surface area contributed by atoms with Crippen LogP contribution >= 0.6 is 11.8 Å². The topological polar surface area (TPSA) is 121 Å². The molecule has 3 rings (SSSR count). The summed E-state index contributed by atoms with van der Waals surface area (Å²) in [6.07, 6.45) is 2.56. The summed E-state index contributed by atoms with van der Waals surface area (Å²) in [6, 6.07) is 1.97. The molecule has 160 valence electrons. The molecule has 30 heavy (non-hydrogen) atoms. The summed E-state index contributed by atoms with van der Waals surface area (Å²) in [6.45, 7) is 4.19. The van der Waals surface area contributed by atoms with Crippen LogP contribution in [0.25, 0.3) is 0 Å². The summed E-state index contributed by atoms with van der Waals surface area (Å²) in [5, 5.41) is 9.11. The number of carboxylic acids is 1. The van der Waals surface area contributed by atoms with Crippen molar-refractivity contribution in [2.45, 2.75) is 50.4 Å². The first-order chi connectivity index (χ1) is 14.4. The van der Waals surface area contributed by atoms with Gasteiger partial charge in [0.15, 0.2) is 5.16 Å². The zero-order valence-corrected chi connectivity index (χ0v) is 17.7. The van der Waals surface area contributed by atoms with Gasteiger partial charge in [0.25, 0.3) is 0 Å². The van der Waals surface area contributed by atoms with Gasteiger partial charge in [-0.25, -0.2) is 0 Å². The number of hydrogen-bond acceptors (Lipinski definition) is 9. The van der Waals surface area contributed by atoms with E-state index in [2.05, 4.69) is 15.0 Å². The number of aliphatic carboxylic acids is 1. The molecule has 0 bridgehead atoms. The smallest absolute Gasteiger partial charge is 0.308 e. The van der Waals surface area contributed by atoms with Gasteiger partial charge < -0.3 is 19.3 Å². The Morgan fingerprint density at radius 3 is 2.87 bits per heavy atom. The first kappa shape index (κ1) is 21.8. The molecule has 2 aromatic rings. The fourth-order valence-electron chi connectivity index (χ4n) is 2.88. The third kappa shape index (κ3) is 5.82.